The molecule has 0 fully saturated rings. The molecule has 1 amide bonds. The van der Waals surface area contributed by atoms with Crippen LogP contribution < -0.4 is 5.32 Å². The normalized spacial score (nSPS) is 11.8. The maximum atomic E-state index is 12.4. The highest BCUT2D eigenvalue weighted by molar-refractivity contribution is 6.36. The van der Waals surface area contributed by atoms with Crippen LogP contribution in [0.1, 0.15) is 24.0 Å². The van der Waals surface area contributed by atoms with Gasteiger partial charge in [-0.05, 0) is 35.7 Å². The predicted molar refractivity (Wildman–Crippen MR) is 109 cm³/mol. The second-order valence-corrected chi connectivity index (χ2v) is 7.01. The summed E-state index contributed by atoms with van der Waals surface area (Å²) in [6, 6.07) is 23.2. The molecule has 0 radical (unpaired) electrons. The van der Waals surface area contributed by atoms with Crippen LogP contribution in [-0.4, -0.2) is 5.91 Å². The molecule has 3 aromatic rings. The van der Waals surface area contributed by atoms with Gasteiger partial charge in [0.1, 0.15) is 0 Å². The van der Waals surface area contributed by atoms with Gasteiger partial charge in [0.2, 0.25) is 5.91 Å². The van der Waals surface area contributed by atoms with Crippen LogP contribution in [0.5, 0.6) is 0 Å². The zero-order valence-electron chi connectivity index (χ0n) is 14.4. The van der Waals surface area contributed by atoms with Crippen LogP contribution in [-0.2, 0) is 11.3 Å². The van der Waals surface area contributed by atoms with Crippen molar-refractivity contribution in [3.63, 3.8) is 0 Å². The number of carbonyl (C=O) groups excluding carboxylic acids is 1. The lowest BCUT2D eigenvalue weighted by Crippen LogP contribution is -2.27. The SMILES string of the molecule is CC(C(=O)NCc1ccccc1)c1ccc(-c2ccc(Cl)cc2Cl)cc1. The number of hydrogen-bond acceptors (Lipinski definition) is 1. The number of carbonyl (C=O) groups is 1. The Kier molecular flexibility index (Phi) is 5.97. The minimum absolute atomic E-state index is 0.00567. The Bertz CT molecular complexity index is 892. The second-order valence-electron chi connectivity index (χ2n) is 6.17. The van der Waals surface area contributed by atoms with E-state index in [-0.39, 0.29) is 11.8 Å². The number of nitrogens with one attached hydrogen (secondary N) is 1. The first-order valence-electron chi connectivity index (χ1n) is 8.41. The molecule has 1 atom stereocenters. The summed E-state index contributed by atoms with van der Waals surface area (Å²) in [5, 5.41) is 4.20. The van der Waals surface area contributed by atoms with E-state index >= 15 is 0 Å². The molecule has 0 aromatic heterocycles. The molecule has 0 aliphatic carbocycles. The monoisotopic (exact) mass is 383 g/mol. The average molecular weight is 384 g/mol. The first kappa shape index (κ1) is 18.5. The number of halogens is 2. The van der Waals surface area contributed by atoms with Crippen LogP contribution in [0.25, 0.3) is 11.1 Å². The predicted octanol–water partition coefficient (Wildman–Crippen LogP) is 6.08. The number of rotatable bonds is 5. The van der Waals surface area contributed by atoms with Gasteiger partial charge in [0.15, 0.2) is 0 Å². The highest BCUT2D eigenvalue weighted by Crippen LogP contribution is 2.31. The van der Waals surface area contributed by atoms with Gasteiger partial charge in [-0.15, -0.1) is 0 Å². The third-order valence-corrected chi connectivity index (χ3v) is 4.90. The van der Waals surface area contributed by atoms with Crippen molar-refractivity contribution < 1.29 is 4.79 Å². The first-order chi connectivity index (χ1) is 12.5. The molecule has 26 heavy (non-hydrogen) atoms. The summed E-state index contributed by atoms with van der Waals surface area (Å²) in [4.78, 5) is 12.4. The molecule has 3 rings (SSSR count). The van der Waals surface area contributed by atoms with E-state index in [0.29, 0.717) is 16.6 Å². The van der Waals surface area contributed by atoms with E-state index in [1.807, 2.05) is 73.7 Å². The molecular formula is C22H19Cl2NO. The third-order valence-electron chi connectivity index (χ3n) is 4.36. The van der Waals surface area contributed by atoms with Gasteiger partial charge in [-0.2, -0.15) is 0 Å². The van der Waals surface area contributed by atoms with Crippen molar-refractivity contribution in [2.75, 3.05) is 0 Å². The summed E-state index contributed by atoms with van der Waals surface area (Å²) in [5.74, 6) is -0.223. The summed E-state index contributed by atoms with van der Waals surface area (Å²) in [7, 11) is 0. The molecular weight excluding hydrogens is 365 g/mol. The van der Waals surface area contributed by atoms with E-state index in [0.717, 1.165) is 22.3 Å². The summed E-state index contributed by atoms with van der Waals surface area (Å²) in [5.41, 5.74) is 3.96. The molecule has 0 bridgehead atoms. The zero-order chi connectivity index (χ0) is 18.5. The quantitative estimate of drug-likeness (QED) is 0.568. The van der Waals surface area contributed by atoms with Gasteiger partial charge in [-0.1, -0.05) is 83.9 Å². The fraction of sp³-hybridized carbons (Fsp3) is 0.136. The maximum absolute atomic E-state index is 12.4. The standard InChI is InChI=1S/C22H19Cl2NO/c1-15(22(26)25-14-16-5-3-2-4-6-16)17-7-9-18(10-8-17)20-12-11-19(23)13-21(20)24/h2-13,15H,14H2,1H3,(H,25,26). The maximum Gasteiger partial charge on any atom is 0.227 e. The first-order valence-corrected chi connectivity index (χ1v) is 9.17. The van der Waals surface area contributed by atoms with E-state index in [1.165, 1.54) is 0 Å². The molecule has 4 heteroatoms. The minimum atomic E-state index is -0.228. The van der Waals surface area contributed by atoms with Crippen molar-refractivity contribution in [3.05, 3.63) is 94.0 Å². The fourth-order valence-electron chi connectivity index (χ4n) is 2.76. The highest BCUT2D eigenvalue weighted by Gasteiger charge is 2.15. The molecule has 132 valence electrons. The number of hydrogen-bond donors (Lipinski definition) is 1. The Morgan fingerprint density at radius 1 is 0.962 bits per heavy atom. The minimum Gasteiger partial charge on any atom is -0.352 e. The van der Waals surface area contributed by atoms with Gasteiger partial charge in [-0.3, -0.25) is 4.79 Å². The van der Waals surface area contributed by atoms with Gasteiger partial charge in [0, 0.05) is 22.2 Å². The molecule has 0 aliphatic rings. The molecule has 1 N–H and O–H groups in total. The highest BCUT2D eigenvalue weighted by atomic mass is 35.5. The Balaban J connectivity index is 1.68. The average Bonchev–Trinajstić information content (AvgIpc) is 2.66. The topological polar surface area (TPSA) is 29.1 Å². The molecule has 0 heterocycles. The van der Waals surface area contributed by atoms with E-state index in [9.17, 15) is 4.79 Å². The van der Waals surface area contributed by atoms with E-state index in [4.69, 9.17) is 23.2 Å². The van der Waals surface area contributed by atoms with Gasteiger partial charge < -0.3 is 5.32 Å². The molecule has 2 nitrogen and oxygen atoms in total. The molecule has 3 aromatic carbocycles. The Morgan fingerprint density at radius 2 is 1.65 bits per heavy atom. The third kappa shape index (κ3) is 4.46. The molecule has 0 saturated heterocycles. The van der Waals surface area contributed by atoms with E-state index in [1.54, 1.807) is 6.07 Å². The Labute approximate surface area is 163 Å². The summed E-state index contributed by atoms with van der Waals surface area (Å²) >= 11 is 12.2. The zero-order valence-corrected chi connectivity index (χ0v) is 15.9. The van der Waals surface area contributed by atoms with Crippen molar-refractivity contribution in [1.29, 1.82) is 0 Å². The van der Waals surface area contributed by atoms with Crippen LogP contribution in [0.4, 0.5) is 0 Å². The summed E-state index contributed by atoms with van der Waals surface area (Å²) in [6.07, 6.45) is 0. The molecule has 0 spiro atoms. The summed E-state index contributed by atoms with van der Waals surface area (Å²) in [6.45, 7) is 2.44. The van der Waals surface area contributed by atoms with E-state index < -0.39 is 0 Å². The van der Waals surface area contributed by atoms with Crippen LogP contribution in [0.3, 0.4) is 0 Å². The van der Waals surface area contributed by atoms with Crippen LogP contribution >= 0.6 is 23.2 Å². The summed E-state index contributed by atoms with van der Waals surface area (Å²) < 4.78 is 0. The van der Waals surface area contributed by atoms with Crippen molar-refractivity contribution in [1.82, 2.24) is 5.32 Å². The van der Waals surface area contributed by atoms with Gasteiger partial charge in [0.25, 0.3) is 0 Å². The van der Waals surface area contributed by atoms with Crippen LogP contribution in [0.2, 0.25) is 10.0 Å². The Hall–Kier alpha value is -2.29. The second kappa shape index (κ2) is 8.39. The lowest BCUT2D eigenvalue weighted by Gasteiger charge is -2.14. The smallest absolute Gasteiger partial charge is 0.227 e. The van der Waals surface area contributed by atoms with E-state index in [2.05, 4.69) is 5.32 Å². The number of amides is 1. The molecule has 0 saturated carbocycles. The van der Waals surface area contributed by atoms with Gasteiger partial charge in [0.05, 0.1) is 5.92 Å². The largest absolute Gasteiger partial charge is 0.352 e. The van der Waals surface area contributed by atoms with Gasteiger partial charge in [-0.25, -0.2) is 0 Å². The Morgan fingerprint density at radius 3 is 2.31 bits per heavy atom. The van der Waals surface area contributed by atoms with Crippen molar-refractivity contribution >= 4 is 29.1 Å². The van der Waals surface area contributed by atoms with Crippen LogP contribution in [0, 0.1) is 0 Å². The number of benzene rings is 3. The lowest BCUT2D eigenvalue weighted by atomic mass is 9.97. The lowest BCUT2D eigenvalue weighted by molar-refractivity contribution is -0.122. The van der Waals surface area contributed by atoms with Crippen molar-refractivity contribution in [3.8, 4) is 11.1 Å². The molecule has 1 unspecified atom stereocenters. The van der Waals surface area contributed by atoms with Crippen LogP contribution in [0.15, 0.2) is 72.8 Å². The molecule has 0 aliphatic heterocycles. The fourth-order valence-corrected chi connectivity index (χ4v) is 3.28. The van der Waals surface area contributed by atoms with Gasteiger partial charge >= 0.3 is 0 Å². The van der Waals surface area contributed by atoms with Crippen molar-refractivity contribution in [2.24, 2.45) is 0 Å². The van der Waals surface area contributed by atoms with Crippen molar-refractivity contribution in [2.45, 2.75) is 19.4 Å².